The fourth-order valence-electron chi connectivity index (χ4n) is 2.52. The molecule has 4 nitrogen and oxygen atoms in total. The summed E-state index contributed by atoms with van der Waals surface area (Å²) in [5.74, 6) is 0.109. The molecule has 0 atom stereocenters. The van der Waals surface area contributed by atoms with E-state index in [1.165, 1.54) is 17.0 Å². The molecular weight excluding hydrogens is 353 g/mol. The second kappa shape index (κ2) is 8.19. The van der Waals surface area contributed by atoms with Crippen LogP contribution in [0.15, 0.2) is 53.4 Å². The van der Waals surface area contributed by atoms with Crippen molar-refractivity contribution in [2.24, 2.45) is 0 Å². The number of rotatable bonds is 6. The lowest BCUT2D eigenvalue weighted by atomic mass is 10.2. The minimum Gasteiger partial charge on any atom is -0.489 e. The first-order chi connectivity index (χ1) is 12.6. The van der Waals surface area contributed by atoms with Crippen LogP contribution in [0.5, 0.6) is 5.75 Å². The highest BCUT2D eigenvalue weighted by atomic mass is 32.2. The van der Waals surface area contributed by atoms with Crippen molar-refractivity contribution in [3.8, 4) is 5.75 Å². The van der Waals surface area contributed by atoms with Gasteiger partial charge in [0.05, 0.1) is 4.91 Å². The summed E-state index contributed by atoms with van der Waals surface area (Å²) in [5.41, 5.74) is 1.56. The molecule has 0 aromatic heterocycles. The molecule has 0 saturated carbocycles. The summed E-state index contributed by atoms with van der Waals surface area (Å²) >= 11 is 0.961. The van der Waals surface area contributed by atoms with Crippen LogP contribution in [0.3, 0.4) is 0 Å². The number of nitrogens with zero attached hydrogens (tertiary/aromatic N) is 1. The average molecular weight is 371 g/mol. The lowest BCUT2D eigenvalue weighted by molar-refractivity contribution is -0.122. The van der Waals surface area contributed by atoms with E-state index in [4.69, 9.17) is 4.74 Å². The maximum atomic E-state index is 13.2. The van der Waals surface area contributed by atoms with Gasteiger partial charge in [0, 0.05) is 6.54 Å². The predicted octanol–water partition coefficient (Wildman–Crippen LogP) is 4.85. The van der Waals surface area contributed by atoms with Crippen molar-refractivity contribution >= 4 is 29.0 Å². The van der Waals surface area contributed by atoms with Crippen molar-refractivity contribution in [2.45, 2.75) is 20.0 Å². The van der Waals surface area contributed by atoms with E-state index in [0.29, 0.717) is 17.2 Å². The SMILES string of the molecule is CCCN1C(=O)S/C(=C/c2ccc(OCc3cccc(F)c3)cc2)C1=O. The van der Waals surface area contributed by atoms with E-state index in [0.717, 1.165) is 29.3 Å². The Bertz CT molecular complexity index is 848. The van der Waals surface area contributed by atoms with Crippen LogP contribution in [0.4, 0.5) is 9.18 Å². The third-order valence-corrected chi connectivity index (χ3v) is 4.70. The van der Waals surface area contributed by atoms with Crippen molar-refractivity contribution in [1.82, 2.24) is 4.90 Å². The Hall–Kier alpha value is -2.60. The quantitative estimate of drug-likeness (QED) is 0.681. The summed E-state index contributed by atoms with van der Waals surface area (Å²) in [6.45, 7) is 2.64. The number of hydrogen-bond donors (Lipinski definition) is 0. The number of ether oxygens (including phenoxy) is 1. The molecule has 134 valence electrons. The molecule has 1 heterocycles. The summed E-state index contributed by atoms with van der Waals surface area (Å²) < 4.78 is 18.8. The maximum absolute atomic E-state index is 13.2. The standard InChI is InChI=1S/C20H18FNO3S/c1-2-10-22-19(23)18(26-20(22)24)12-14-6-8-17(9-7-14)25-13-15-4-3-5-16(21)11-15/h3-9,11-12H,2,10,13H2,1H3/b18-12+. The number of thioether (sulfide) groups is 1. The third-order valence-electron chi connectivity index (χ3n) is 3.79. The number of benzene rings is 2. The van der Waals surface area contributed by atoms with Gasteiger partial charge in [-0.15, -0.1) is 0 Å². The van der Waals surface area contributed by atoms with Crippen molar-refractivity contribution < 1.29 is 18.7 Å². The largest absolute Gasteiger partial charge is 0.489 e. The topological polar surface area (TPSA) is 46.6 Å². The Kier molecular flexibility index (Phi) is 5.73. The van der Waals surface area contributed by atoms with Crippen molar-refractivity contribution in [3.05, 3.63) is 70.4 Å². The number of hydrogen-bond acceptors (Lipinski definition) is 4. The first kappa shape index (κ1) is 18.2. The summed E-state index contributed by atoms with van der Waals surface area (Å²) in [5, 5.41) is -0.224. The van der Waals surface area contributed by atoms with Crippen LogP contribution in [-0.4, -0.2) is 22.6 Å². The van der Waals surface area contributed by atoms with E-state index < -0.39 is 0 Å². The van der Waals surface area contributed by atoms with Gasteiger partial charge in [0.15, 0.2) is 0 Å². The second-order valence-corrected chi connectivity index (χ2v) is 6.81. The Balaban J connectivity index is 1.64. The van der Waals surface area contributed by atoms with Gasteiger partial charge in [-0.2, -0.15) is 0 Å². The van der Waals surface area contributed by atoms with Gasteiger partial charge in [-0.1, -0.05) is 31.2 Å². The Labute approximate surface area is 155 Å². The number of halogens is 1. The molecule has 0 radical (unpaired) electrons. The molecule has 6 heteroatoms. The monoisotopic (exact) mass is 371 g/mol. The molecule has 1 saturated heterocycles. The van der Waals surface area contributed by atoms with Gasteiger partial charge in [-0.25, -0.2) is 4.39 Å². The lowest BCUT2D eigenvalue weighted by Gasteiger charge is -2.09. The molecule has 3 rings (SSSR count). The third kappa shape index (κ3) is 4.32. The summed E-state index contributed by atoms with van der Waals surface area (Å²) in [6.07, 6.45) is 2.44. The van der Waals surface area contributed by atoms with Gasteiger partial charge < -0.3 is 4.74 Å². The molecule has 0 unspecified atom stereocenters. The van der Waals surface area contributed by atoms with Crippen LogP contribution in [0.1, 0.15) is 24.5 Å². The molecule has 1 aliphatic rings. The van der Waals surface area contributed by atoms with Gasteiger partial charge >= 0.3 is 0 Å². The van der Waals surface area contributed by atoms with Crippen LogP contribution < -0.4 is 4.74 Å². The van der Waals surface area contributed by atoms with E-state index in [-0.39, 0.29) is 23.6 Å². The van der Waals surface area contributed by atoms with Crippen LogP contribution in [0.2, 0.25) is 0 Å². The van der Waals surface area contributed by atoms with Gasteiger partial charge in [-0.05, 0) is 59.7 Å². The van der Waals surface area contributed by atoms with E-state index in [9.17, 15) is 14.0 Å². The van der Waals surface area contributed by atoms with E-state index in [2.05, 4.69) is 0 Å². The Morgan fingerprint density at radius 2 is 1.92 bits per heavy atom. The predicted molar refractivity (Wildman–Crippen MR) is 100 cm³/mol. The van der Waals surface area contributed by atoms with Crippen LogP contribution >= 0.6 is 11.8 Å². The number of carbonyl (C=O) groups is 2. The summed E-state index contributed by atoms with van der Waals surface area (Å²) in [6, 6.07) is 13.4. The molecule has 26 heavy (non-hydrogen) atoms. The summed E-state index contributed by atoms with van der Waals surface area (Å²) in [4.78, 5) is 25.8. The zero-order chi connectivity index (χ0) is 18.5. The molecule has 0 aliphatic carbocycles. The first-order valence-corrected chi connectivity index (χ1v) is 9.11. The van der Waals surface area contributed by atoms with Gasteiger partial charge in [0.2, 0.25) is 0 Å². The number of carbonyl (C=O) groups excluding carboxylic acids is 2. The molecule has 0 spiro atoms. The average Bonchev–Trinajstić information content (AvgIpc) is 2.89. The van der Waals surface area contributed by atoms with Crippen LogP contribution in [0, 0.1) is 5.82 Å². The molecule has 0 bridgehead atoms. The number of amides is 2. The van der Waals surface area contributed by atoms with Crippen molar-refractivity contribution in [1.29, 1.82) is 0 Å². The van der Waals surface area contributed by atoms with E-state index in [1.54, 1.807) is 30.3 Å². The normalized spacial score (nSPS) is 15.8. The first-order valence-electron chi connectivity index (χ1n) is 8.29. The molecule has 1 fully saturated rings. The summed E-state index contributed by atoms with van der Waals surface area (Å²) in [7, 11) is 0. The molecule has 0 N–H and O–H groups in total. The zero-order valence-corrected chi connectivity index (χ0v) is 15.1. The highest BCUT2D eigenvalue weighted by molar-refractivity contribution is 8.18. The lowest BCUT2D eigenvalue weighted by Crippen LogP contribution is -2.28. The molecule has 2 aromatic carbocycles. The fraction of sp³-hybridized carbons (Fsp3) is 0.200. The zero-order valence-electron chi connectivity index (χ0n) is 14.3. The minimum absolute atomic E-state index is 0.224. The smallest absolute Gasteiger partial charge is 0.293 e. The number of imide groups is 1. The fourth-order valence-corrected chi connectivity index (χ4v) is 3.39. The highest BCUT2D eigenvalue weighted by Gasteiger charge is 2.34. The molecule has 1 aliphatic heterocycles. The maximum Gasteiger partial charge on any atom is 0.293 e. The van der Waals surface area contributed by atoms with E-state index >= 15 is 0 Å². The van der Waals surface area contributed by atoms with Gasteiger partial charge in [0.25, 0.3) is 11.1 Å². The highest BCUT2D eigenvalue weighted by Crippen LogP contribution is 2.32. The van der Waals surface area contributed by atoms with Crippen molar-refractivity contribution in [3.63, 3.8) is 0 Å². The van der Waals surface area contributed by atoms with Gasteiger partial charge in [-0.3, -0.25) is 14.5 Å². The van der Waals surface area contributed by atoms with Crippen LogP contribution in [0.25, 0.3) is 6.08 Å². The van der Waals surface area contributed by atoms with Crippen molar-refractivity contribution in [2.75, 3.05) is 6.54 Å². The molecule has 2 amide bonds. The van der Waals surface area contributed by atoms with Crippen LogP contribution in [-0.2, 0) is 11.4 Å². The Morgan fingerprint density at radius 1 is 1.15 bits per heavy atom. The second-order valence-electron chi connectivity index (χ2n) is 5.82. The Morgan fingerprint density at radius 3 is 2.62 bits per heavy atom. The molecular formula is C20H18FNO3S. The minimum atomic E-state index is -0.293. The van der Waals surface area contributed by atoms with Gasteiger partial charge in [0.1, 0.15) is 18.2 Å². The molecule has 2 aromatic rings. The van der Waals surface area contributed by atoms with E-state index in [1.807, 2.05) is 19.1 Å².